The van der Waals surface area contributed by atoms with Crippen molar-refractivity contribution in [1.29, 1.82) is 0 Å². The maximum Gasteiger partial charge on any atom is 0.328 e. The lowest BCUT2D eigenvalue weighted by Gasteiger charge is -2.33. The highest BCUT2D eigenvalue weighted by atomic mass is 16.5. The molecule has 0 aliphatic carbocycles. The van der Waals surface area contributed by atoms with Crippen LogP contribution in [0, 0.1) is 0 Å². The molecule has 0 saturated carbocycles. The average molecular weight is 228 g/mol. The standard InChI is InChI=1S/C10H16N2O4/c1-7(4-9(13)14)5-12-2-3-16-6-8(12)10(11)15/h4,8H,2-3,5-6H2,1H3,(H2,11,15)(H,13,14). The van der Waals surface area contributed by atoms with E-state index >= 15 is 0 Å². The van der Waals surface area contributed by atoms with Crippen molar-refractivity contribution in [3.63, 3.8) is 0 Å². The molecule has 1 fully saturated rings. The van der Waals surface area contributed by atoms with Gasteiger partial charge in [-0.3, -0.25) is 9.69 Å². The van der Waals surface area contributed by atoms with Crippen LogP contribution >= 0.6 is 0 Å². The Labute approximate surface area is 93.7 Å². The molecule has 0 aromatic rings. The largest absolute Gasteiger partial charge is 0.478 e. The van der Waals surface area contributed by atoms with E-state index in [1.807, 2.05) is 4.90 Å². The minimum atomic E-state index is -0.985. The fourth-order valence-corrected chi connectivity index (χ4v) is 1.67. The molecule has 3 N–H and O–H groups in total. The van der Waals surface area contributed by atoms with Crippen LogP contribution in [0.4, 0.5) is 0 Å². The Bertz CT molecular complexity index is 314. The third-order valence-corrected chi connectivity index (χ3v) is 2.39. The molecular weight excluding hydrogens is 212 g/mol. The Morgan fingerprint density at radius 1 is 1.62 bits per heavy atom. The molecule has 1 amide bonds. The normalized spacial score (nSPS) is 23.1. The third kappa shape index (κ3) is 3.63. The molecule has 1 atom stereocenters. The number of carboxylic acids is 1. The molecule has 0 bridgehead atoms. The number of ether oxygens (including phenoxy) is 1. The topological polar surface area (TPSA) is 92.9 Å². The Hall–Kier alpha value is -1.40. The molecule has 1 aliphatic rings. The van der Waals surface area contributed by atoms with Gasteiger partial charge in [-0.05, 0) is 6.92 Å². The van der Waals surface area contributed by atoms with Gasteiger partial charge in [0.2, 0.25) is 5.91 Å². The summed E-state index contributed by atoms with van der Waals surface area (Å²) in [5.41, 5.74) is 5.92. The highest BCUT2D eigenvalue weighted by Crippen LogP contribution is 2.09. The minimum Gasteiger partial charge on any atom is -0.478 e. The van der Waals surface area contributed by atoms with Gasteiger partial charge in [-0.2, -0.15) is 0 Å². The number of carboxylic acid groups (broad SMARTS) is 1. The van der Waals surface area contributed by atoms with E-state index in [2.05, 4.69) is 0 Å². The van der Waals surface area contributed by atoms with Crippen molar-refractivity contribution < 1.29 is 19.4 Å². The SMILES string of the molecule is CC(=CC(=O)O)CN1CCOCC1C(N)=O. The number of hydrogen-bond acceptors (Lipinski definition) is 4. The smallest absolute Gasteiger partial charge is 0.328 e. The monoisotopic (exact) mass is 228 g/mol. The van der Waals surface area contributed by atoms with E-state index in [4.69, 9.17) is 15.6 Å². The summed E-state index contributed by atoms with van der Waals surface area (Å²) in [4.78, 5) is 23.4. The minimum absolute atomic E-state index is 0.273. The lowest BCUT2D eigenvalue weighted by molar-refractivity contribution is -0.131. The highest BCUT2D eigenvalue weighted by molar-refractivity contribution is 5.81. The zero-order valence-corrected chi connectivity index (χ0v) is 9.18. The summed E-state index contributed by atoms with van der Waals surface area (Å²) in [7, 11) is 0. The van der Waals surface area contributed by atoms with Crippen LogP contribution in [0.25, 0.3) is 0 Å². The first-order chi connectivity index (χ1) is 7.50. The molecule has 1 unspecified atom stereocenters. The summed E-state index contributed by atoms with van der Waals surface area (Å²) < 4.78 is 5.16. The molecule has 1 aliphatic heterocycles. The Kier molecular flexibility index (Phi) is 4.45. The number of nitrogens with zero attached hydrogens (tertiary/aromatic N) is 1. The van der Waals surface area contributed by atoms with Gasteiger partial charge in [-0.15, -0.1) is 0 Å². The van der Waals surface area contributed by atoms with E-state index in [1.165, 1.54) is 0 Å². The van der Waals surface area contributed by atoms with Crippen LogP contribution in [-0.2, 0) is 14.3 Å². The highest BCUT2D eigenvalue weighted by Gasteiger charge is 2.27. The molecule has 6 heteroatoms. The molecular formula is C10H16N2O4. The molecule has 1 heterocycles. The molecule has 16 heavy (non-hydrogen) atoms. The summed E-state index contributed by atoms with van der Waals surface area (Å²) in [5, 5.41) is 8.58. The number of amides is 1. The van der Waals surface area contributed by atoms with Crippen LogP contribution in [0.2, 0.25) is 0 Å². The van der Waals surface area contributed by atoms with Crippen molar-refractivity contribution in [1.82, 2.24) is 4.90 Å². The van der Waals surface area contributed by atoms with Gasteiger partial charge in [0.05, 0.1) is 13.2 Å². The zero-order valence-electron chi connectivity index (χ0n) is 9.18. The molecule has 1 rings (SSSR count). The van der Waals surface area contributed by atoms with Crippen molar-refractivity contribution >= 4 is 11.9 Å². The third-order valence-electron chi connectivity index (χ3n) is 2.39. The van der Waals surface area contributed by atoms with Crippen LogP contribution in [0.3, 0.4) is 0 Å². The Balaban J connectivity index is 2.63. The van der Waals surface area contributed by atoms with Gasteiger partial charge in [0.15, 0.2) is 0 Å². The number of morpholine rings is 1. The second-order valence-corrected chi connectivity index (χ2v) is 3.79. The quantitative estimate of drug-likeness (QED) is 0.615. The predicted octanol–water partition coefficient (Wildman–Crippen LogP) is -0.797. The van der Waals surface area contributed by atoms with Crippen molar-refractivity contribution in [2.24, 2.45) is 5.73 Å². The van der Waals surface area contributed by atoms with E-state index < -0.39 is 17.9 Å². The van der Waals surface area contributed by atoms with Crippen molar-refractivity contribution in [3.05, 3.63) is 11.6 Å². The van der Waals surface area contributed by atoms with Crippen LogP contribution in [0.1, 0.15) is 6.92 Å². The van der Waals surface area contributed by atoms with Gasteiger partial charge in [-0.25, -0.2) is 4.79 Å². The van der Waals surface area contributed by atoms with E-state index in [-0.39, 0.29) is 6.61 Å². The number of carbonyl (C=O) groups excluding carboxylic acids is 1. The van der Waals surface area contributed by atoms with E-state index in [0.717, 1.165) is 6.08 Å². The molecule has 0 aromatic heterocycles. The van der Waals surface area contributed by atoms with Gasteiger partial charge in [-0.1, -0.05) is 5.57 Å². The number of nitrogens with two attached hydrogens (primary N) is 1. The molecule has 0 radical (unpaired) electrons. The molecule has 1 saturated heterocycles. The van der Waals surface area contributed by atoms with Gasteiger partial charge in [0.25, 0.3) is 0 Å². The Morgan fingerprint density at radius 2 is 2.31 bits per heavy atom. The second-order valence-electron chi connectivity index (χ2n) is 3.79. The first kappa shape index (κ1) is 12.7. The van der Waals surface area contributed by atoms with E-state index in [9.17, 15) is 9.59 Å². The first-order valence-corrected chi connectivity index (χ1v) is 5.02. The molecule has 90 valence electrons. The summed E-state index contributed by atoms with van der Waals surface area (Å²) in [6.07, 6.45) is 1.13. The lowest BCUT2D eigenvalue weighted by Crippen LogP contribution is -2.52. The Morgan fingerprint density at radius 3 is 2.88 bits per heavy atom. The summed E-state index contributed by atoms with van der Waals surface area (Å²) in [6.45, 7) is 3.52. The van der Waals surface area contributed by atoms with Gasteiger partial charge < -0.3 is 15.6 Å². The lowest BCUT2D eigenvalue weighted by atomic mass is 10.1. The molecule has 6 nitrogen and oxygen atoms in total. The summed E-state index contributed by atoms with van der Waals surface area (Å²) in [6, 6.07) is -0.467. The number of carbonyl (C=O) groups is 2. The van der Waals surface area contributed by atoms with E-state index in [1.54, 1.807) is 6.92 Å². The zero-order chi connectivity index (χ0) is 12.1. The predicted molar refractivity (Wildman–Crippen MR) is 56.8 cm³/mol. The second kappa shape index (κ2) is 5.62. The van der Waals surface area contributed by atoms with Gasteiger partial charge >= 0.3 is 5.97 Å². The molecule has 0 aromatic carbocycles. The number of primary amides is 1. The summed E-state index contributed by atoms with van der Waals surface area (Å²) >= 11 is 0. The van der Waals surface area contributed by atoms with Gasteiger partial charge in [0, 0.05) is 19.2 Å². The summed E-state index contributed by atoms with van der Waals surface area (Å²) in [5.74, 6) is -1.43. The van der Waals surface area contributed by atoms with Crippen molar-refractivity contribution in [2.75, 3.05) is 26.3 Å². The van der Waals surface area contributed by atoms with Crippen LogP contribution in [-0.4, -0.2) is 54.2 Å². The molecule has 0 spiro atoms. The average Bonchev–Trinajstić information content (AvgIpc) is 2.16. The number of hydrogen-bond donors (Lipinski definition) is 2. The van der Waals surface area contributed by atoms with Crippen LogP contribution < -0.4 is 5.73 Å². The van der Waals surface area contributed by atoms with Crippen LogP contribution in [0.15, 0.2) is 11.6 Å². The number of rotatable bonds is 4. The van der Waals surface area contributed by atoms with Crippen LogP contribution in [0.5, 0.6) is 0 Å². The maximum atomic E-state index is 11.1. The maximum absolute atomic E-state index is 11.1. The van der Waals surface area contributed by atoms with Crippen molar-refractivity contribution in [3.8, 4) is 0 Å². The van der Waals surface area contributed by atoms with Crippen molar-refractivity contribution in [2.45, 2.75) is 13.0 Å². The number of aliphatic carboxylic acids is 1. The van der Waals surface area contributed by atoms with E-state index in [0.29, 0.717) is 25.3 Å². The fraction of sp³-hybridized carbons (Fsp3) is 0.600. The van der Waals surface area contributed by atoms with Gasteiger partial charge in [0.1, 0.15) is 6.04 Å². The fourth-order valence-electron chi connectivity index (χ4n) is 1.67. The first-order valence-electron chi connectivity index (χ1n) is 5.02.